The van der Waals surface area contributed by atoms with Gasteiger partial charge in [-0.3, -0.25) is 14.4 Å². The van der Waals surface area contributed by atoms with Crippen LogP contribution in [0.25, 0.3) is 38.7 Å². The summed E-state index contributed by atoms with van der Waals surface area (Å²) in [5, 5.41) is 2.72. The smallest absolute Gasteiger partial charge is 0.331 e. The summed E-state index contributed by atoms with van der Waals surface area (Å²) < 4.78 is 23.6. The summed E-state index contributed by atoms with van der Waals surface area (Å²) in [6.07, 6.45) is 0.479. The van der Waals surface area contributed by atoms with E-state index < -0.39 is 41.1 Å². The zero-order chi connectivity index (χ0) is 32.0. The molecule has 0 spiro atoms. The largest absolute Gasteiger partial charge is 0.483 e. The van der Waals surface area contributed by atoms with E-state index in [2.05, 4.69) is 4.98 Å². The second-order valence-corrected chi connectivity index (χ2v) is 11.7. The standard InChI is InChI=1S/C35H28ClNO8/c1-18(38)42-26-17-27-30(31-29(26)32(41)24-15-21-7-5-6-8-22(21)16-25(24)37-31)33(43-19(2)39)34(35(3,4)45-27)44-28(40)14-11-20-9-12-23(36)13-10-20/h5-17,33-34H,1-4H3,(H,37,41)/b14-11+. The second kappa shape index (κ2) is 11.4. The van der Waals surface area contributed by atoms with E-state index in [-0.39, 0.29) is 28.0 Å². The van der Waals surface area contributed by atoms with Gasteiger partial charge in [-0.05, 0) is 60.5 Å². The van der Waals surface area contributed by atoms with Crippen molar-refractivity contribution in [3.05, 3.63) is 99.2 Å². The first kappa shape index (κ1) is 29.9. The molecule has 9 nitrogen and oxygen atoms in total. The third-order valence-electron chi connectivity index (χ3n) is 7.60. The molecule has 45 heavy (non-hydrogen) atoms. The average molecular weight is 626 g/mol. The van der Waals surface area contributed by atoms with Gasteiger partial charge in [-0.15, -0.1) is 0 Å². The molecule has 0 saturated heterocycles. The van der Waals surface area contributed by atoms with Crippen molar-refractivity contribution < 1.29 is 33.3 Å². The first-order valence-corrected chi connectivity index (χ1v) is 14.5. The molecule has 1 N–H and O–H groups in total. The number of aromatic amines is 1. The number of carbonyl (C=O) groups excluding carboxylic acids is 3. The number of aromatic nitrogens is 1. The van der Waals surface area contributed by atoms with E-state index in [0.717, 1.165) is 16.3 Å². The van der Waals surface area contributed by atoms with E-state index in [1.54, 1.807) is 50.3 Å². The van der Waals surface area contributed by atoms with Gasteiger partial charge in [0.15, 0.2) is 12.2 Å². The van der Waals surface area contributed by atoms with Crippen molar-refractivity contribution in [2.45, 2.75) is 45.5 Å². The number of hydrogen-bond donors (Lipinski definition) is 1. The van der Waals surface area contributed by atoms with Crippen LogP contribution in [0.2, 0.25) is 5.02 Å². The molecule has 6 rings (SSSR count). The lowest BCUT2D eigenvalue weighted by Gasteiger charge is -2.43. The molecule has 0 bridgehead atoms. The number of fused-ring (bicyclic) bond motifs is 5. The van der Waals surface area contributed by atoms with Crippen molar-refractivity contribution in [2.75, 3.05) is 0 Å². The van der Waals surface area contributed by atoms with Crippen molar-refractivity contribution in [3.63, 3.8) is 0 Å². The number of pyridine rings is 1. The van der Waals surface area contributed by atoms with Crippen molar-refractivity contribution >= 4 is 68.2 Å². The average Bonchev–Trinajstić information content (AvgIpc) is 2.97. The minimum Gasteiger partial charge on any atom is -0.483 e. The molecule has 2 atom stereocenters. The number of halogens is 1. The molecule has 0 amide bonds. The molecule has 2 unspecified atom stereocenters. The Morgan fingerprint density at radius 2 is 1.62 bits per heavy atom. The van der Waals surface area contributed by atoms with Gasteiger partial charge < -0.3 is 23.9 Å². The zero-order valence-corrected chi connectivity index (χ0v) is 25.6. The van der Waals surface area contributed by atoms with Crippen LogP contribution in [0, 0.1) is 0 Å². The zero-order valence-electron chi connectivity index (χ0n) is 24.8. The minimum absolute atomic E-state index is 0.0220. The number of benzene rings is 4. The summed E-state index contributed by atoms with van der Waals surface area (Å²) in [6, 6.07) is 19.5. The Hall–Kier alpha value is -5.15. The van der Waals surface area contributed by atoms with Crippen LogP contribution in [0.4, 0.5) is 0 Å². The molecule has 0 aliphatic carbocycles. The highest BCUT2D eigenvalue weighted by Gasteiger charge is 2.50. The van der Waals surface area contributed by atoms with E-state index in [4.69, 9.17) is 30.5 Å². The minimum atomic E-state index is -1.23. The number of hydrogen-bond acceptors (Lipinski definition) is 8. The number of H-pyrrole nitrogens is 1. The number of esters is 3. The van der Waals surface area contributed by atoms with Crippen LogP contribution in [0.5, 0.6) is 11.5 Å². The monoisotopic (exact) mass is 625 g/mol. The summed E-state index contributed by atoms with van der Waals surface area (Å²) in [5.74, 6) is -1.83. The molecule has 1 aromatic heterocycles. The van der Waals surface area contributed by atoms with Gasteiger partial charge in [-0.25, -0.2) is 4.79 Å². The molecule has 10 heteroatoms. The highest BCUT2D eigenvalue weighted by atomic mass is 35.5. The quantitative estimate of drug-likeness (QED) is 0.0978. The van der Waals surface area contributed by atoms with Crippen molar-refractivity contribution in [1.82, 2.24) is 4.98 Å². The maximum Gasteiger partial charge on any atom is 0.331 e. The topological polar surface area (TPSA) is 121 Å². The fourth-order valence-electron chi connectivity index (χ4n) is 5.67. The lowest BCUT2D eigenvalue weighted by atomic mass is 9.86. The highest BCUT2D eigenvalue weighted by Crippen LogP contribution is 2.48. The van der Waals surface area contributed by atoms with E-state index in [1.807, 2.05) is 30.3 Å². The van der Waals surface area contributed by atoms with Crippen LogP contribution >= 0.6 is 11.6 Å². The summed E-state index contributed by atoms with van der Waals surface area (Å²) in [4.78, 5) is 55.2. The first-order valence-electron chi connectivity index (χ1n) is 14.2. The van der Waals surface area contributed by atoms with Gasteiger partial charge in [0.2, 0.25) is 5.43 Å². The molecule has 1 aliphatic rings. The highest BCUT2D eigenvalue weighted by molar-refractivity contribution is 6.30. The normalized spacial score (nSPS) is 17.2. The summed E-state index contributed by atoms with van der Waals surface area (Å²) in [7, 11) is 0. The van der Waals surface area contributed by atoms with Gasteiger partial charge in [0, 0.05) is 36.4 Å². The van der Waals surface area contributed by atoms with Crippen molar-refractivity contribution in [2.24, 2.45) is 0 Å². The molecule has 0 fully saturated rings. The fourth-order valence-corrected chi connectivity index (χ4v) is 5.80. The maximum atomic E-state index is 14.1. The van der Waals surface area contributed by atoms with Gasteiger partial charge in [0.25, 0.3) is 0 Å². The molecular weight excluding hydrogens is 598 g/mol. The lowest BCUT2D eigenvalue weighted by molar-refractivity contribution is -0.185. The van der Waals surface area contributed by atoms with Crippen LogP contribution in [0.1, 0.15) is 44.9 Å². The van der Waals surface area contributed by atoms with Crippen molar-refractivity contribution in [1.29, 1.82) is 0 Å². The van der Waals surface area contributed by atoms with Gasteiger partial charge in [-0.2, -0.15) is 0 Å². The molecule has 4 aromatic carbocycles. The maximum absolute atomic E-state index is 14.1. The Kier molecular flexibility index (Phi) is 7.58. The summed E-state index contributed by atoms with van der Waals surface area (Å²) in [5.41, 5.74) is 0.0656. The van der Waals surface area contributed by atoms with Gasteiger partial charge >= 0.3 is 17.9 Å². The van der Waals surface area contributed by atoms with Crippen LogP contribution in [-0.4, -0.2) is 34.6 Å². The predicted octanol–water partition coefficient (Wildman–Crippen LogP) is 6.81. The first-order chi connectivity index (χ1) is 21.4. The third kappa shape index (κ3) is 5.74. The third-order valence-corrected chi connectivity index (χ3v) is 7.85. The second-order valence-electron chi connectivity index (χ2n) is 11.3. The van der Waals surface area contributed by atoms with E-state index in [0.29, 0.717) is 15.9 Å². The van der Waals surface area contributed by atoms with Crippen molar-refractivity contribution in [3.8, 4) is 11.5 Å². The van der Waals surface area contributed by atoms with Crippen LogP contribution in [0.3, 0.4) is 0 Å². The molecule has 0 saturated carbocycles. The Labute approximate surface area is 262 Å². The number of rotatable bonds is 5. The Morgan fingerprint density at radius 3 is 2.29 bits per heavy atom. The predicted molar refractivity (Wildman–Crippen MR) is 170 cm³/mol. The lowest BCUT2D eigenvalue weighted by Crippen LogP contribution is -2.52. The number of nitrogens with one attached hydrogen (secondary N) is 1. The molecule has 228 valence electrons. The van der Waals surface area contributed by atoms with E-state index >= 15 is 0 Å². The van der Waals surface area contributed by atoms with Crippen LogP contribution in [-0.2, 0) is 23.9 Å². The Balaban J connectivity index is 1.55. The number of carbonyl (C=O) groups is 3. The van der Waals surface area contributed by atoms with Gasteiger partial charge in [0.1, 0.15) is 17.1 Å². The van der Waals surface area contributed by atoms with Crippen LogP contribution < -0.4 is 14.9 Å². The van der Waals surface area contributed by atoms with Gasteiger partial charge in [0.05, 0.1) is 22.0 Å². The summed E-state index contributed by atoms with van der Waals surface area (Å²) in [6.45, 7) is 5.82. The summed E-state index contributed by atoms with van der Waals surface area (Å²) >= 11 is 5.96. The molecule has 1 aliphatic heterocycles. The molecule has 2 heterocycles. The molecule has 5 aromatic rings. The Bertz CT molecular complexity index is 2110. The van der Waals surface area contributed by atoms with E-state index in [9.17, 15) is 19.2 Å². The van der Waals surface area contributed by atoms with Crippen LogP contribution in [0.15, 0.2) is 77.6 Å². The number of ether oxygens (including phenoxy) is 4. The molecule has 0 radical (unpaired) electrons. The molecular formula is C35H28ClNO8. The SMILES string of the molecule is CC(=O)Oc1cc2c(c3[nH]c4cc5ccccc5cc4c(=O)c13)C(OC(C)=O)C(OC(=O)/C=C/c1ccc(Cl)cc1)C(C)(C)O2. The fraction of sp³-hybridized carbons (Fsp3) is 0.200. The Morgan fingerprint density at radius 1 is 0.933 bits per heavy atom. The van der Waals surface area contributed by atoms with E-state index in [1.165, 1.54) is 26.0 Å². The van der Waals surface area contributed by atoms with Gasteiger partial charge in [-0.1, -0.05) is 48.0 Å².